The summed E-state index contributed by atoms with van der Waals surface area (Å²) >= 11 is 6.27. The molecule has 1 aromatic rings. The number of nitrogens with zero attached hydrogens (tertiary/aromatic N) is 1. The van der Waals surface area contributed by atoms with E-state index in [9.17, 15) is 4.79 Å². The fourth-order valence-electron chi connectivity index (χ4n) is 2.48. The number of anilines is 1. The summed E-state index contributed by atoms with van der Waals surface area (Å²) in [6.07, 6.45) is 3.32. The molecule has 1 saturated carbocycles. The van der Waals surface area contributed by atoms with Crippen LogP contribution in [-0.2, 0) is 4.79 Å². The number of ketones is 1. The summed E-state index contributed by atoms with van der Waals surface area (Å²) in [6.45, 7) is 4.84. The molecule has 0 heterocycles. The van der Waals surface area contributed by atoms with E-state index in [-0.39, 0.29) is 17.2 Å². The van der Waals surface area contributed by atoms with E-state index in [1.54, 1.807) is 0 Å². The van der Waals surface area contributed by atoms with Crippen molar-refractivity contribution >= 4 is 23.1 Å². The molecule has 104 valence electrons. The van der Waals surface area contributed by atoms with E-state index in [0.717, 1.165) is 18.7 Å². The van der Waals surface area contributed by atoms with Gasteiger partial charge in [0.15, 0.2) is 5.78 Å². The number of carbonyl (C=O) groups excluding carboxylic acids is 1. The Balaban J connectivity index is 2.02. The van der Waals surface area contributed by atoms with E-state index in [4.69, 9.17) is 11.6 Å². The third-order valence-electron chi connectivity index (χ3n) is 3.85. The fourth-order valence-corrected chi connectivity index (χ4v) is 2.91. The van der Waals surface area contributed by atoms with E-state index < -0.39 is 0 Å². The number of halogens is 1. The highest BCUT2D eigenvalue weighted by Crippen LogP contribution is 2.35. The lowest BCUT2D eigenvalue weighted by Crippen LogP contribution is -2.42. The lowest BCUT2D eigenvalue weighted by atomic mass is 10.0. The molecule has 0 amide bonds. The van der Waals surface area contributed by atoms with Crippen molar-refractivity contribution in [3.63, 3.8) is 0 Å². The third-order valence-corrected chi connectivity index (χ3v) is 4.25. The van der Waals surface area contributed by atoms with Gasteiger partial charge in [-0.15, -0.1) is 11.6 Å². The zero-order valence-corrected chi connectivity index (χ0v) is 12.4. The summed E-state index contributed by atoms with van der Waals surface area (Å²) in [5, 5.41) is -0.333. The van der Waals surface area contributed by atoms with Gasteiger partial charge >= 0.3 is 0 Å². The van der Waals surface area contributed by atoms with Gasteiger partial charge in [0.05, 0.1) is 11.4 Å². The van der Waals surface area contributed by atoms with Crippen molar-refractivity contribution in [1.29, 1.82) is 0 Å². The van der Waals surface area contributed by atoms with Crippen molar-refractivity contribution in [1.82, 2.24) is 0 Å². The Labute approximate surface area is 120 Å². The molecular formula is C16H22ClNO. The first kappa shape index (κ1) is 14.4. The number of hydrogen-bond acceptors (Lipinski definition) is 2. The Morgan fingerprint density at radius 2 is 2.00 bits per heavy atom. The van der Waals surface area contributed by atoms with Crippen LogP contribution in [0.4, 0.5) is 5.69 Å². The summed E-state index contributed by atoms with van der Waals surface area (Å²) in [6, 6.07) is 9.90. The molecular weight excluding hydrogens is 258 g/mol. The zero-order chi connectivity index (χ0) is 13.8. The molecule has 0 radical (unpaired) electrons. The molecule has 2 nitrogen and oxygen atoms in total. The number of rotatable bonds is 7. The number of carbonyl (C=O) groups is 1. The summed E-state index contributed by atoms with van der Waals surface area (Å²) < 4.78 is 0. The Kier molecular flexibility index (Phi) is 4.87. The second kappa shape index (κ2) is 6.42. The van der Waals surface area contributed by atoms with Crippen LogP contribution < -0.4 is 4.90 Å². The smallest absolute Gasteiger partial charge is 0.172 e. The van der Waals surface area contributed by atoms with Crippen molar-refractivity contribution in [2.45, 2.75) is 44.5 Å². The largest absolute Gasteiger partial charge is 0.362 e. The normalized spacial score (nSPS) is 17.8. The van der Waals surface area contributed by atoms with Gasteiger partial charge in [0.25, 0.3) is 0 Å². The molecule has 0 aromatic heterocycles. The van der Waals surface area contributed by atoms with Gasteiger partial charge in [-0.2, -0.15) is 0 Å². The lowest BCUT2D eigenvalue weighted by molar-refractivity contribution is -0.119. The maximum absolute atomic E-state index is 12.4. The van der Waals surface area contributed by atoms with Crippen LogP contribution in [0, 0.1) is 5.92 Å². The molecule has 2 atom stereocenters. The fraction of sp³-hybridized carbons (Fsp3) is 0.562. The zero-order valence-electron chi connectivity index (χ0n) is 11.7. The van der Waals surface area contributed by atoms with Crippen LogP contribution in [0.15, 0.2) is 30.3 Å². The Hall–Kier alpha value is -1.02. The van der Waals surface area contributed by atoms with Crippen LogP contribution in [0.25, 0.3) is 0 Å². The number of hydrogen-bond donors (Lipinski definition) is 0. The first-order valence-electron chi connectivity index (χ1n) is 7.13. The van der Waals surface area contributed by atoms with Crippen LogP contribution in [0.5, 0.6) is 0 Å². The highest BCUT2D eigenvalue weighted by molar-refractivity contribution is 6.32. The van der Waals surface area contributed by atoms with Gasteiger partial charge in [-0.25, -0.2) is 0 Å². The molecule has 19 heavy (non-hydrogen) atoms. The van der Waals surface area contributed by atoms with E-state index in [1.807, 2.05) is 37.3 Å². The molecule has 1 aliphatic carbocycles. The first-order valence-corrected chi connectivity index (χ1v) is 7.56. The third kappa shape index (κ3) is 3.73. The number of para-hydroxylation sites is 1. The minimum absolute atomic E-state index is 0.152. The predicted molar refractivity (Wildman–Crippen MR) is 80.9 cm³/mol. The number of Topliss-reactive ketones (excluding diaryl/α,β-unsaturated/α-hetero) is 1. The quantitative estimate of drug-likeness (QED) is 0.706. The summed E-state index contributed by atoms with van der Waals surface area (Å²) in [4.78, 5) is 14.5. The van der Waals surface area contributed by atoms with Crippen molar-refractivity contribution in [2.75, 3.05) is 11.4 Å². The van der Waals surface area contributed by atoms with Crippen molar-refractivity contribution in [3.05, 3.63) is 30.3 Å². The van der Waals surface area contributed by atoms with Crippen LogP contribution in [0.2, 0.25) is 0 Å². The molecule has 1 aromatic carbocycles. The highest BCUT2D eigenvalue weighted by atomic mass is 35.5. The van der Waals surface area contributed by atoms with E-state index >= 15 is 0 Å². The lowest BCUT2D eigenvalue weighted by Gasteiger charge is -2.30. The molecule has 0 N–H and O–H groups in total. The standard InChI is InChI=1S/C16H22ClNO/c1-3-18(14-7-5-4-6-8-14)12(2)16(19)15(17)11-13-9-10-13/h4-8,12-13,15H,3,9-11H2,1-2H3. The second-order valence-corrected chi connectivity index (χ2v) is 5.87. The van der Waals surface area contributed by atoms with Crippen molar-refractivity contribution in [2.24, 2.45) is 5.92 Å². The van der Waals surface area contributed by atoms with Crippen molar-refractivity contribution in [3.8, 4) is 0 Å². The van der Waals surface area contributed by atoms with Crippen LogP contribution >= 0.6 is 11.6 Å². The molecule has 2 unspecified atom stereocenters. The van der Waals surface area contributed by atoms with Gasteiger partial charge in [0, 0.05) is 12.2 Å². The number of alkyl halides is 1. The summed E-state index contributed by atoms with van der Waals surface area (Å²) in [5.74, 6) is 0.838. The van der Waals surface area contributed by atoms with Crippen molar-refractivity contribution < 1.29 is 4.79 Å². The van der Waals surface area contributed by atoms with Crippen LogP contribution in [0.1, 0.15) is 33.1 Å². The first-order chi connectivity index (χ1) is 9.13. The van der Waals surface area contributed by atoms with E-state index in [1.165, 1.54) is 12.8 Å². The molecule has 0 bridgehead atoms. The number of benzene rings is 1. The Morgan fingerprint density at radius 3 is 2.53 bits per heavy atom. The predicted octanol–water partition coefficient (Wildman–Crippen LogP) is 3.88. The second-order valence-electron chi connectivity index (χ2n) is 5.35. The summed E-state index contributed by atoms with van der Waals surface area (Å²) in [5.41, 5.74) is 1.08. The maximum Gasteiger partial charge on any atom is 0.172 e. The number of likely N-dealkylation sites (N-methyl/N-ethyl adjacent to an activating group) is 1. The molecule has 1 aliphatic rings. The van der Waals surface area contributed by atoms with Gasteiger partial charge in [-0.1, -0.05) is 31.0 Å². The topological polar surface area (TPSA) is 20.3 Å². The molecule has 3 heteroatoms. The molecule has 0 aliphatic heterocycles. The van der Waals surface area contributed by atoms with Gasteiger partial charge < -0.3 is 4.90 Å². The average molecular weight is 280 g/mol. The SMILES string of the molecule is CCN(c1ccccc1)C(C)C(=O)C(Cl)CC1CC1. The maximum atomic E-state index is 12.4. The van der Waals surface area contributed by atoms with E-state index in [2.05, 4.69) is 11.8 Å². The molecule has 0 spiro atoms. The Bertz CT molecular complexity index is 416. The Morgan fingerprint density at radius 1 is 1.37 bits per heavy atom. The van der Waals surface area contributed by atoms with Gasteiger partial charge in [-0.3, -0.25) is 4.79 Å². The van der Waals surface area contributed by atoms with Crippen LogP contribution in [-0.4, -0.2) is 23.7 Å². The van der Waals surface area contributed by atoms with Gasteiger partial charge in [0.1, 0.15) is 0 Å². The van der Waals surface area contributed by atoms with E-state index in [0.29, 0.717) is 5.92 Å². The monoisotopic (exact) mass is 279 g/mol. The average Bonchev–Trinajstić information content (AvgIpc) is 3.23. The molecule has 0 saturated heterocycles. The molecule has 2 rings (SSSR count). The summed E-state index contributed by atoms with van der Waals surface area (Å²) in [7, 11) is 0. The highest BCUT2D eigenvalue weighted by Gasteiger charge is 2.31. The van der Waals surface area contributed by atoms with Crippen LogP contribution in [0.3, 0.4) is 0 Å². The molecule has 1 fully saturated rings. The van der Waals surface area contributed by atoms with Gasteiger partial charge in [0.2, 0.25) is 0 Å². The van der Waals surface area contributed by atoms with Gasteiger partial charge in [-0.05, 0) is 38.3 Å². The minimum Gasteiger partial charge on any atom is -0.362 e. The minimum atomic E-state index is -0.333.